The van der Waals surface area contributed by atoms with Gasteiger partial charge in [-0.1, -0.05) is 123 Å². The summed E-state index contributed by atoms with van der Waals surface area (Å²) in [5, 5.41) is 2.47. The van der Waals surface area contributed by atoms with Crippen LogP contribution in [0, 0.1) is 0 Å². The average Bonchev–Trinajstić information content (AvgIpc) is 3.64. The number of fused-ring (bicyclic) bond motifs is 5. The first-order chi connectivity index (χ1) is 22.5. The lowest BCUT2D eigenvalue weighted by Gasteiger charge is -2.22. The van der Waals surface area contributed by atoms with Gasteiger partial charge >= 0.3 is 0 Å². The quantitative estimate of drug-likeness (QED) is 0.201. The molecule has 2 heterocycles. The molecule has 0 radical (unpaired) electrons. The van der Waals surface area contributed by atoms with Gasteiger partial charge in [0.25, 0.3) is 0 Å². The lowest BCUT2D eigenvalue weighted by Crippen LogP contribution is -2.15. The van der Waals surface area contributed by atoms with Crippen LogP contribution in [0.15, 0.2) is 151 Å². The Hall–Kier alpha value is -5.60. The van der Waals surface area contributed by atoms with Crippen molar-refractivity contribution in [3.8, 4) is 44.8 Å². The Bertz CT molecular complexity index is 2360. The summed E-state index contributed by atoms with van der Waals surface area (Å²) in [5.41, 5.74) is 16.7. The highest BCUT2D eigenvalue weighted by Crippen LogP contribution is 2.50. The van der Waals surface area contributed by atoms with Crippen LogP contribution in [0.4, 0.5) is 5.69 Å². The minimum atomic E-state index is -0.128. The largest absolute Gasteiger partial charge is 0.252 e. The van der Waals surface area contributed by atoms with Crippen molar-refractivity contribution in [1.29, 1.82) is 0 Å². The van der Waals surface area contributed by atoms with Gasteiger partial charge in [0.2, 0.25) is 0 Å². The molecular weight excluding hydrogens is 556 g/mol. The van der Waals surface area contributed by atoms with Crippen LogP contribution in [-0.4, -0.2) is 10.7 Å². The maximum absolute atomic E-state index is 5.14. The summed E-state index contributed by atoms with van der Waals surface area (Å²) >= 11 is 0. The monoisotopic (exact) mass is 588 g/mol. The van der Waals surface area contributed by atoms with Crippen LogP contribution in [0.25, 0.3) is 55.5 Å². The van der Waals surface area contributed by atoms with E-state index in [4.69, 9.17) is 9.98 Å². The van der Waals surface area contributed by atoms with Crippen LogP contribution in [0.1, 0.15) is 36.1 Å². The van der Waals surface area contributed by atoms with Gasteiger partial charge in [-0.15, -0.1) is 0 Å². The molecular formula is C44H32N2. The van der Waals surface area contributed by atoms with Gasteiger partial charge in [0.1, 0.15) is 0 Å². The van der Waals surface area contributed by atoms with E-state index in [-0.39, 0.29) is 5.41 Å². The molecule has 0 saturated carbocycles. The van der Waals surface area contributed by atoms with E-state index in [9.17, 15) is 0 Å². The minimum Gasteiger partial charge on any atom is -0.252 e. The molecule has 0 atom stereocenters. The second-order valence-electron chi connectivity index (χ2n) is 13.1. The molecule has 0 bridgehead atoms. The minimum absolute atomic E-state index is 0.128. The lowest BCUT2D eigenvalue weighted by molar-refractivity contribution is 0.661. The van der Waals surface area contributed by atoms with Crippen molar-refractivity contribution in [2.45, 2.75) is 25.7 Å². The van der Waals surface area contributed by atoms with Gasteiger partial charge in [-0.2, -0.15) is 0 Å². The van der Waals surface area contributed by atoms with Crippen molar-refractivity contribution in [1.82, 2.24) is 4.98 Å². The van der Waals surface area contributed by atoms with Crippen molar-refractivity contribution in [3.05, 3.63) is 168 Å². The maximum atomic E-state index is 5.14. The van der Waals surface area contributed by atoms with Gasteiger partial charge in [-0.3, -0.25) is 4.99 Å². The van der Waals surface area contributed by atoms with Gasteiger partial charge in [-0.25, -0.2) is 4.98 Å². The lowest BCUT2D eigenvalue weighted by atomic mass is 9.81. The Kier molecular flexibility index (Phi) is 5.95. The van der Waals surface area contributed by atoms with E-state index in [1.807, 2.05) is 0 Å². The van der Waals surface area contributed by atoms with Crippen molar-refractivity contribution < 1.29 is 0 Å². The zero-order valence-electron chi connectivity index (χ0n) is 26.0. The fourth-order valence-electron chi connectivity index (χ4n) is 7.34. The second-order valence-corrected chi connectivity index (χ2v) is 13.1. The maximum Gasteiger partial charge on any atom is 0.0709 e. The number of hydrogen-bond acceptors (Lipinski definition) is 2. The number of hydrogen-bond donors (Lipinski definition) is 0. The molecule has 0 fully saturated rings. The Balaban J connectivity index is 1.02. The second kappa shape index (κ2) is 10.2. The topological polar surface area (TPSA) is 25.2 Å². The third-order valence-electron chi connectivity index (χ3n) is 9.92. The highest BCUT2D eigenvalue weighted by molar-refractivity contribution is 6.06. The van der Waals surface area contributed by atoms with Crippen molar-refractivity contribution in [2.24, 2.45) is 4.99 Å². The molecule has 1 aliphatic heterocycles. The molecule has 0 amide bonds. The Labute approximate surface area is 269 Å². The van der Waals surface area contributed by atoms with Crippen LogP contribution in [-0.2, 0) is 11.8 Å². The van der Waals surface area contributed by atoms with E-state index >= 15 is 0 Å². The zero-order valence-corrected chi connectivity index (χ0v) is 26.0. The van der Waals surface area contributed by atoms with E-state index in [1.54, 1.807) is 0 Å². The Morgan fingerprint density at radius 2 is 1.07 bits per heavy atom. The molecule has 1 aliphatic carbocycles. The number of nitrogens with zero attached hydrogens (tertiary/aromatic N) is 2. The number of aromatic nitrogens is 1. The molecule has 2 aliphatic rings. The summed E-state index contributed by atoms with van der Waals surface area (Å²) in [6.45, 7) is 4.70. The third kappa shape index (κ3) is 4.33. The molecule has 7 aromatic rings. The van der Waals surface area contributed by atoms with E-state index in [0.717, 1.165) is 40.3 Å². The molecule has 2 heteroatoms. The number of pyridine rings is 1. The fourth-order valence-corrected chi connectivity index (χ4v) is 7.34. The van der Waals surface area contributed by atoms with E-state index in [2.05, 4.69) is 159 Å². The Morgan fingerprint density at radius 3 is 1.83 bits per heavy atom. The zero-order chi connectivity index (χ0) is 30.8. The number of benzene rings is 6. The molecule has 218 valence electrons. The van der Waals surface area contributed by atoms with Crippen LogP contribution < -0.4 is 0 Å². The summed E-state index contributed by atoms with van der Waals surface area (Å²) in [5.74, 6) is 0. The van der Waals surface area contributed by atoms with E-state index in [0.29, 0.717) is 0 Å². The van der Waals surface area contributed by atoms with Gasteiger partial charge in [0.05, 0.1) is 22.8 Å². The average molecular weight is 589 g/mol. The highest BCUT2D eigenvalue weighted by atomic mass is 14.8. The summed E-state index contributed by atoms with van der Waals surface area (Å²) in [7, 11) is 0. The smallest absolute Gasteiger partial charge is 0.0709 e. The number of rotatable bonds is 4. The Morgan fingerprint density at radius 1 is 0.478 bits per heavy atom. The molecule has 6 aromatic carbocycles. The molecule has 2 nitrogen and oxygen atoms in total. The molecule has 1 aromatic heterocycles. The van der Waals surface area contributed by atoms with Gasteiger partial charge in [-0.05, 0) is 91.7 Å². The van der Waals surface area contributed by atoms with Gasteiger partial charge < -0.3 is 0 Å². The molecule has 0 saturated heterocycles. The first kappa shape index (κ1) is 26.8. The molecule has 46 heavy (non-hydrogen) atoms. The van der Waals surface area contributed by atoms with Crippen molar-refractivity contribution >= 4 is 22.2 Å². The molecule has 0 spiro atoms. The fraction of sp³-hybridized carbons (Fsp3) is 0.0909. The highest BCUT2D eigenvalue weighted by Gasteiger charge is 2.36. The standard InChI is InChI=1S/C44H32N2/c1-44(2)38-25-32(29-14-17-30(18-15-29)43-27-33-10-5-6-11-40(33)46-43)20-22-36(38)37-23-21-35(26-39(37)44)42-13-7-12-41(45-42)34-19-16-28-8-3-4-9-31(28)24-34/h3-26H,27H2,1-2H3. The van der Waals surface area contributed by atoms with Crippen LogP contribution in [0.3, 0.4) is 0 Å². The predicted octanol–water partition coefficient (Wildman–Crippen LogP) is 11.2. The number of aliphatic imine (C=N–C) groups is 1. The summed E-state index contributed by atoms with van der Waals surface area (Å²) < 4.78 is 0. The normalized spacial score (nSPS) is 14.1. The van der Waals surface area contributed by atoms with E-state index in [1.165, 1.54) is 55.3 Å². The van der Waals surface area contributed by atoms with Crippen LogP contribution in [0.2, 0.25) is 0 Å². The SMILES string of the molecule is CC1(C)c2cc(-c3ccc(C4=Nc5ccccc5C4)cc3)ccc2-c2ccc(-c3cccc(-c4ccc5ccccc5c4)n3)cc21. The summed E-state index contributed by atoms with van der Waals surface area (Å²) in [6, 6.07) is 52.6. The van der Waals surface area contributed by atoms with Crippen LogP contribution >= 0.6 is 0 Å². The molecule has 0 unspecified atom stereocenters. The number of para-hydroxylation sites is 1. The van der Waals surface area contributed by atoms with E-state index < -0.39 is 0 Å². The first-order valence-electron chi connectivity index (χ1n) is 16.0. The third-order valence-corrected chi connectivity index (χ3v) is 9.92. The van der Waals surface area contributed by atoms with Gasteiger partial charge in [0.15, 0.2) is 0 Å². The molecule has 9 rings (SSSR count). The summed E-state index contributed by atoms with van der Waals surface area (Å²) in [6.07, 6.45) is 0.895. The van der Waals surface area contributed by atoms with Gasteiger partial charge in [0, 0.05) is 23.0 Å². The summed E-state index contributed by atoms with van der Waals surface area (Å²) in [4.78, 5) is 10.0. The first-order valence-corrected chi connectivity index (χ1v) is 16.0. The van der Waals surface area contributed by atoms with Crippen LogP contribution in [0.5, 0.6) is 0 Å². The predicted molar refractivity (Wildman–Crippen MR) is 192 cm³/mol. The molecule has 0 N–H and O–H groups in total. The van der Waals surface area contributed by atoms with Crippen molar-refractivity contribution in [3.63, 3.8) is 0 Å². The van der Waals surface area contributed by atoms with Crippen molar-refractivity contribution in [2.75, 3.05) is 0 Å².